The molecule has 4 heterocycles. The highest BCUT2D eigenvalue weighted by Crippen LogP contribution is 2.30. The average molecular weight is 291 g/mol. The number of nitrogens with zero attached hydrogens (tertiary/aromatic N) is 3. The van der Waals surface area contributed by atoms with Crippen LogP contribution in [0.15, 0.2) is 0 Å². The molecule has 3 N–H and O–H groups in total. The van der Waals surface area contributed by atoms with Gasteiger partial charge in [-0.05, 0) is 51.3 Å². The van der Waals surface area contributed by atoms with E-state index in [0.717, 1.165) is 35.1 Å². The van der Waals surface area contributed by atoms with Crippen molar-refractivity contribution in [2.24, 2.45) is 11.7 Å². The van der Waals surface area contributed by atoms with Gasteiger partial charge in [-0.1, -0.05) is 12.2 Å². The van der Waals surface area contributed by atoms with Gasteiger partial charge in [0.15, 0.2) is 5.82 Å². The molecule has 0 radical (unpaired) electrons. The van der Waals surface area contributed by atoms with E-state index in [2.05, 4.69) is 20.4 Å². The number of piperidine rings is 3. The van der Waals surface area contributed by atoms with Crippen LogP contribution in [-0.4, -0.2) is 45.8 Å². The zero-order valence-electron chi connectivity index (χ0n) is 12.0. The van der Waals surface area contributed by atoms with E-state index in [1.807, 2.05) is 13.8 Å². The van der Waals surface area contributed by atoms with E-state index in [1.54, 1.807) is 0 Å². The van der Waals surface area contributed by atoms with Crippen LogP contribution in [-0.2, 0) is 0 Å². The topological polar surface area (TPSA) is 67.1 Å². The summed E-state index contributed by atoms with van der Waals surface area (Å²) in [5.74, 6) is 1.47. The Morgan fingerprint density at radius 1 is 1.30 bits per heavy atom. The van der Waals surface area contributed by atoms with Crippen molar-refractivity contribution in [3.63, 3.8) is 0 Å². The fourth-order valence-corrected chi connectivity index (χ4v) is 3.57. The van der Waals surface area contributed by atoms with Crippen molar-refractivity contribution in [2.75, 3.05) is 25.0 Å². The summed E-state index contributed by atoms with van der Waals surface area (Å²) in [7, 11) is 0. The van der Waals surface area contributed by atoms with Gasteiger partial charge in [-0.15, -0.1) is 5.10 Å². The van der Waals surface area contributed by atoms with E-state index in [1.165, 1.54) is 25.9 Å². The zero-order chi connectivity index (χ0) is 14.3. The number of aryl methyl sites for hydroxylation is 1. The van der Waals surface area contributed by atoms with Crippen molar-refractivity contribution in [1.82, 2.24) is 15.1 Å². The number of hydrogen-bond donors (Lipinski definition) is 2. The van der Waals surface area contributed by atoms with Gasteiger partial charge in [0.2, 0.25) is 0 Å². The maximum absolute atomic E-state index is 5.88. The first-order valence-corrected chi connectivity index (χ1v) is 7.59. The second-order valence-electron chi connectivity index (χ2n) is 5.89. The first kappa shape index (κ1) is 13.7. The molecule has 0 aromatic carbocycles. The van der Waals surface area contributed by atoms with Gasteiger partial charge in [-0.2, -0.15) is 5.10 Å². The monoisotopic (exact) mass is 291 g/mol. The molecule has 3 saturated heterocycles. The fourth-order valence-electron chi connectivity index (χ4n) is 3.32. The summed E-state index contributed by atoms with van der Waals surface area (Å²) in [6.45, 7) is 7.46. The van der Waals surface area contributed by atoms with Crippen LogP contribution >= 0.6 is 12.2 Å². The fraction of sp³-hybridized carbons (Fsp3) is 0.643. The molecule has 1 aromatic heterocycles. The molecule has 0 aliphatic carbocycles. The van der Waals surface area contributed by atoms with Gasteiger partial charge in [0.05, 0.1) is 11.3 Å². The van der Waals surface area contributed by atoms with Crippen LogP contribution in [0.5, 0.6) is 0 Å². The number of nitrogens with two attached hydrogens (primary N) is 1. The van der Waals surface area contributed by atoms with Gasteiger partial charge in [-0.3, -0.25) is 0 Å². The Bertz CT molecular complexity index is 537. The lowest BCUT2D eigenvalue weighted by Gasteiger charge is -2.45. The highest BCUT2D eigenvalue weighted by molar-refractivity contribution is 7.80. The minimum Gasteiger partial charge on any atom is -0.389 e. The SMILES string of the molecule is Cc1nnc(NC2CN3CCC2CC3)c(C(N)=S)c1C. The largest absolute Gasteiger partial charge is 0.389 e. The molecule has 4 rings (SSSR count). The van der Waals surface area contributed by atoms with Crippen LogP contribution in [0.1, 0.15) is 29.7 Å². The predicted octanol–water partition coefficient (Wildman–Crippen LogP) is 1.23. The summed E-state index contributed by atoms with van der Waals surface area (Å²) in [6.07, 6.45) is 2.52. The summed E-state index contributed by atoms with van der Waals surface area (Å²) < 4.78 is 0. The van der Waals surface area contributed by atoms with Crippen LogP contribution in [0.4, 0.5) is 5.82 Å². The van der Waals surface area contributed by atoms with Crippen molar-refractivity contribution < 1.29 is 0 Å². The molecule has 20 heavy (non-hydrogen) atoms. The number of fused-ring (bicyclic) bond motifs is 3. The van der Waals surface area contributed by atoms with Crippen molar-refractivity contribution >= 4 is 23.0 Å². The van der Waals surface area contributed by atoms with Gasteiger partial charge < -0.3 is 16.0 Å². The van der Waals surface area contributed by atoms with Gasteiger partial charge in [0.1, 0.15) is 4.99 Å². The predicted molar refractivity (Wildman–Crippen MR) is 84.0 cm³/mol. The molecule has 3 aliphatic heterocycles. The standard InChI is InChI=1S/C14H21N5S/c1-8-9(2)17-18-14(12(8)13(15)20)16-11-7-19-5-3-10(11)4-6-19/h10-11H,3-7H2,1-2H3,(H2,15,20)(H,16,18). The Balaban J connectivity index is 1.87. The van der Waals surface area contributed by atoms with Gasteiger partial charge in [0, 0.05) is 12.6 Å². The van der Waals surface area contributed by atoms with Crippen LogP contribution in [0, 0.1) is 19.8 Å². The average Bonchev–Trinajstić information content (AvgIpc) is 2.44. The minimum atomic E-state index is 0.393. The molecule has 108 valence electrons. The third kappa shape index (κ3) is 2.38. The number of rotatable bonds is 3. The molecule has 1 atom stereocenters. The molecule has 6 heteroatoms. The third-order valence-electron chi connectivity index (χ3n) is 4.68. The second-order valence-corrected chi connectivity index (χ2v) is 6.33. The van der Waals surface area contributed by atoms with E-state index in [-0.39, 0.29) is 0 Å². The van der Waals surface area contributed by atoms with E-state index in [0.29, 0.717) is 11.0 Å². The Morgan fingerprint density at radius 3 is 2.55 bits per heavy atom. The van der Waals surface area contributed by atoms with E-state index in [9.17, 15) is 0 Å². The summed E-state index contributed by atoms with van der Waals surface area (Å²) >= 11 is 5.19. The lowest BCUT2D eigenvalue weighted by atomic mass is 9.84. The number of nitrogens with one attached hydrogen (secondary N) is 1. The molecule has 0 saturated carbocycles. The zero-order valence-corrected chi connectivity index (χ0v) is 12.8. The summed E-state index contributed by atoms with van der Waals surface area (Å²) in [5, 5.41) is 12.0. The molecule has 1 unspecified atom stereocenters. The van der Waals surface area contributed by atoms with Crippen LogP contribution in [0.3, 0.4) is 0 Å². The van der Waals surface area contributed by atoms with Gasteiger partial charge in [-0.25, -0.2) is 0 Å². The second kappa shape index (κ2) is 5.26. The quantitative estimate of drug-likeness (QED) is 0.817. The Kier molecular flexibility index (Phi) is 3.60. The van der Waals surface area contributed by atoms with Crippen LogP contribution < -0.4 is 11.1 Å². The number of anilines is 1. The third-order valence-corrected chi connectivity index (χ3v) is 4.88. The first-order valence-electron chi connectivity index (χ1n) is 7.19. The molecule has 0 amide bonds. The molecule has 2 bridgehead atoms. The van der Waals surface area contributed by atoms with Crippen LogP contribution in [0.2, 0.25) is 0 Å². The van der Waals surface area contributed by atoms with Crippen molar-refractivity contribution in [3.8, 4) is 0 Å². The smallest absolute Gasteiger partial charge is 0.159 e. The molecular formula is C14H21N5S. The Labute approximate surface area is 124 Å². The van der Waals surface area contributed by atoms with Crippen LogP contribution in [0.25, 0.3) is 0 Å². The van der Waals surface area contributed by atoms with E-state index in [4.69, 9.17) is 18.0 Å². The summed E-state index contributed by atoms with van der Waals surface area (Å²) in [6, 6.07) is 0.432. The molecule has 1 aromatic rings. The lowest BCUT2D eigenvalue weighted by molar-refractivity contribution is 0.0973. The molecule has 0 spiro atoms. The van der Waals surface area contributed by atoms with Crippen molar-refractivity contribution in [2.45, 2.75) is 32.7 Å². The highest BCUT2D eigenvalue weighted by Gasteiger charge is 2.34. The number of aromatic nitrogens is 2. The van der Waals surface area contributed by atoms with E-state index >= 15 is 0 Å². The number of thiocarbonyl (C=S) groups is 1. The summed E-state index contributed by atoms with van der Waals surface area (Å²) in [4.78, 5) is 2.90. The Morgan fingerprint density at radius 2 is 2.00 bits per heavy atom. The molecule has 3 fully saturated rings. The minimum absolute atomic E-state index is 0.393. The number of hydrogen-bond acceptors (Lipinski definition) is 5. The lowest BCUT2D eigenvalue weighted by Crippen LogP contribution is -2.53. The summed E-state index contributed by atoms with van der Waals surface area (Å²) in [5.41, 5.74) is 8.64. The maximum Gasteiger partial charge on any atom is 0.159 e. The molecule has 3 aliphatic rings. The first-order chi connectivity index (χ1) is 9.56. The van der Waals surface area contributed by atoms with Crippen molar-refractivity contribution in [3.05, 3.63) is 16.8 Å². The molecule has 5 nitrogen and oxygen atoms in total. The normalized spacial score (nSPS) is 28.4. The van der Waals surface area contributed by atoms with E-state index < -0.39 is 0 Å². The van der Waals surface area contributed by atoms with Crippen molar-refractivity contribution in [1.29, 1.82) is 0 Å². The van der Waals surface area contributed by atoms with Gasteiger partial charge in [0.25, 0.3) is 0 Å². The maximum atomic E-state index is 5.88. The molecular weight excluding hydrogens is 270 g/mol. The Hall–Kier alpha value is -1.27. The van der Waals surface area contributed by atoms with Gasteiger partial charge >= 0.3 is 0 Å². The highest BCUT2D eigenvalue weighted by atomic mass is 32.1.